The number of nitrogens with one attached hydrogen (secondary N) is 1. The molecule has 0 amide bonds. The molecule has 2 unspecified atom stereocenters. The molecular formula is C8H17NS. The molecule has 1 heterocycles. The largest absolute Gasteiger partial charge is 0.315 e. The van der Waals surface area contributed by atoms with Crippen molar-refractivity contribution in [2.24, 2.45) is 0 Å². The molecule has 0 aromatic heterocycles. The molecule has 2 heteroatoms. The average molecular weight is 159 g/mol. The molecule has 0 spiro atoms. The number of rotatable bonds is 2. The molecule has 1 N–H and O–H groups in total. The SMILES string of the molecule is CCC1CNCC(CC)S1. The van der Waals surface area contributed by atoms with E-state index in [1.54, 1.807) is 0 Å². The minimum atomic E-state index is 0.874. The van der Waals surface area contributed by atoms with Gasteiger partial charge in [0.15, 0.2) is 0 Å². The minimum Gasteiger partial charge on any atom is -0.315 e. The molecular weight excluding hydrogens is 142 g/mol. The summed E-state index contributed by atoms with van der Waals surface area (Å²) < 4.78 is 0. The summed E-state index contributed by atoms with van der Waals surface area (Å²) in [5.41, 5.74) is 0. The summed E-state index contributed by atoms with van der Waals surface area (Å²) in [7, 11) is 0. The third-order valence-electron chi connectivity index (χ3n) is 2.04. The second kappa shape index (κ2) is 4.24. The molecule has 1 fully saturated rings. The predicted molar refractivity (Wildman–Crippen MR) is 48.6 cm³/mol. The van der Waals surface area contributed by atoms with E-state index in [-0.39, 0.29) is 0 Å². The van der Waals surface area contributed by atoms with Gasteiger partial charge in [0, 0.05) is 23.6 Å². The summed E-state index contributed by atoms with van der Waals surface area (Å²) in [5, 5.41) is 5.21. The maximum atomic E-state index is 3.47. The van der Waals surface area contributed by atoms with Crippen molar-refractivity contribution in [3.63, 3.8) is 0 Å². The van der Waals surface area contributed by atoms with Gasteiger partial charge in [-0.2, -0.15) is 11.8 Å². The Labute approximate surface area is 68.0 Å². The normalized spacial score (nSPS) is 34.2. The molecule has 1 nitrogen and oxygen atoms in total. The van der Waals surface area contributed by atoms with Crippen LogP contribution in [-0.2, 0) is 0 Å². The fourth-order valence-corrected chi connectivity index (χ4v) is 2.61. The highest BCUT2D eigenvalue weighted by atomic mass is 32.2. The zero-order chi connectivity index (χ0) is 7.40. The standard InChI is InChI=1S/C8H17NS/c1-3-7-5-9-6-8(4-2)10-7/h7-9H,3-6H2,1-2H3. The van der Waals surface area contributed by atoms with Gasteiger partial charge in [-0.3, -0.25) is 0 Å². The molecule has 0 saturated carbocycles. The van der Waals surface area contributed by atoms with E-state index in [4.69, 9.17) is 0 Å². The molecule has 0 aliphatic carbocycles. The molecule has 60 valence electrons. The second-order valence-electron chi connectivity index (χ2n) is 2.85. The first-order chi connectivity index (χ1) is 4.86. The Bertz CT molecular complexity index is 85.3. The van der Waals surface area contributed by atoms with E-state index in [1.807, 2.05) is 0 Å². The van der Waals surface area contributed by atoms with E-state index in [2.05, 4.69) is 30.9 Å². The first-order valence-corrected chi connectivity index (χ1v) is 5.17. The molecule has 0 aromatic carbocycles. The molecule has 1 aliphatic rings. The Hall–Kier alpha value is 0.310. The lowest BCUT2D eigenvalue weighted by Gasteiger charge is -2.28. The van der Waals surface area contributed by atoms with Crippen LogP contribution in [0.25, 0.3) is 0 Å². The molecule has 1 saturated heterocycles. The van der Waals surface area contributed by atoms with Crippen LogP contribution in [0.3, 0.4) is 0 Å². The highest BCUT2D eigenvalue weighted by molar-refractivity contribution is 8.00. The van der Waals surface area contributed by atoms with Crippen LogP contribution in [0, 0.1) is 0 Å². The topological polar surface area (TPSA) is 12.0 Å². The predicted octanol–water partition coefficient (Wildman–Crippen LogP) is 1.88. The molecule has 0 aromatic rings. The molecule has 1 aliphatic heterocycles. The van der Waals surface area contributed by atoms with Crippen LogP contribution in [0.15, 0.2) is 0 Å². The summed E-state index contributed by atoms with van der Waals surface area (Å²) in [6.45, 7) is 6.99. The van der Waals surface area contributed by atoms with Crippen molar-refractivity contribution >= 4 is 11.8 Å². The molecule has 1 rings (SSSR count). The highest BCUT2D eigenvalue weighted by Crippen LogP contribution is 2.24. The summed E-state index contributed by atoms with van der Waals surface area (Å²) >= 11 is 2.17. The fraction of sp³-hybridized carbons (Fsp3) is 1.00. The van der Waals surface area contributed by atoms with Crippen molar-refractivity contribution < 1.29 is 0 Å². The van der Waals surface area contributed by atoms with Crippen molar-refractivity contribution in [3.05, 3.63) is 0 Å². The van der Waals surface area contributed by atoms with Gasteiger partial charge < -0.3 is 5.32 Å². The monoisotopic (exact) mass is 159 g/mol. The maximum Gasteiger partial charge on any atom is 0.0173 e. The van der Waals surface area contributed by atoms with Gasteiger partial charge >= 0.3 is 0 Å². The Balaban J connectivity index is 2.25. The van der Waals surface area contributed by atoms with E-state index in [0.29, 0.717) is 0 Å². The number of thioether (sulfide) groups is 1. The second-order valence-corrected chi connectivity index (χ2v) is 4.46. The summed E-state index contributed by atoms with van der Waals surface area (Å²) in [6.07, 6.45) is 2.63. The summed E-state index contributed by atoms with van der Waals surface area (Å²) in [6, 6.07) is 0. The highest BCUT2D eigenvalue weighted by Gasteiger charge is 2.18. The zero-order valence-corrected chi connectivity index (χ0v) is 7.71. The van der Waals surface area contributed by atoms with Crippen LogP contribution in [0.4, 0.5) is 0 Å². The molecule has 10 heavy (non-hydrogen) atoms. The van der Waals surface area contributed by atoms with Crippen LogP contribution < -0.4 is 5.32 Å². The molecule has 0 bridgehead atoms. The quantitative estimate of drug-likeness (QED) is 0.660. The Morgan fingerprint density at radius 3 is 2.10 bits per heavy atom. The summed E-state index contributed by atoms with van der Waals surface area (Å²) in [5.74, 6) is 0. The van der Waals surface area contributed by atoms with Crippen LogP contribution in [0.2, 0.25) is 0 Å². The van der Waals surface area contributed by atoms with Gasteiger partial charge in [0.2, 0.25) is 0 Å². The zero-order valence-electron chi connectivity index (χ0n) is 6.89. The lowest BCUT2D eigenvalue weighted by molar-refractivity contribution is 0.597. The third kappa shape index (κ3) is 2.17. The van der Waals surface area contributed by atoms with Crippen LogP contribution in [0.1, 0.15) is 26.7 Å². The number of hydrogen-bond donors (Lipinski definition) is 1. The third-order valence-corrected chi connectivity index (χ3v) is 3.81. The van der Waals surface area contributed by atoms with Gasteiger partial charge in [-0.1, -0.05) is 13.8 Å². The van der Waals surface area contributed by atoms with E-state index in [9.17, 15) is 0 Å². The molecule has 2 atom stereocenters. The van der Waals surface area contributed by atoms with E-state index < -0.39 is 0 Å². The van der Waals surface area contributed by atoms with Crippen molar-refractivity contribution in [1.82, 2.24) is 5.32 Å². The van der Waals surface area contributed by atoms with Crippen molar-refractivity contribution in [3.8, 4) is 0 Å². The van der Waals surface area contributed by atoms with Gasteiger partial charge in [-0.05, 0) is 12.8 Å². The Kier molecular flexibility index (Phi) is 3.57. The minimum absolute atomic E-state index is 0.874. The van der Waals surface area contributed by atoms with Gasteiger partial charge in [0.25, 0.3) is 0 Å². The Morgan fingerprint density at radius 1 is 1.20 bits per heavy atom. The first-order valence-electron chi connectivity index (χ1n) is 4.23. The summed E-state index contributed by atoms with van der Waals surface area (Å²) in [4.78, 5) is 0. The lowest BCUT2D eigenvalue weighted by atomic mass is 10.3. The first kappa shape index (κ1) is 8.41. The van der Waals surface area contributed by atoms with Crippen LogP contribution >= 0.6 is 11.8 Å². The average Bonchev–Trinajstić information content (AvgIpc) is 2.05. The van der Waals surface area contributed by atoms with Crippen LogP contribution in [-0.4, -0.2) is 23.6 Å². The van der Waals surface area contributed by atoms with E-state index in [1.165, 1.54) is 25.9 Å². The molecule has 0 radical (unpaired) electrons. The van der Waals surface area contributed by atoms with Crippen molar-refractivity contribution in [1.29, 1.82) is 0 Å². The fourth-order valence-electron chi connectivity index (χ4n) is 1.25. The smallest absolute Gasteiger partial charge is 0.0173 e. The lowest BCUT2D eigenvalue weighted by Crippen LogP contribution is -2.37. The van der Waals surface area contributed by atoms with Crippen molar-refractivity contribution in [2.45, 2.75) is 37.2 Å². The van der Waals surface area contributed by atoms with E-state index >= 15 is 0 Å². The van der Waals surface area contributed by atoms with Gasteiger partial charge in [-0.15, -0.1) is 0 Å². The van der Waals surface area contributed by atoms with Crippen LogP contribution in [0.5, 0.6) is 0 Å². The number of hydrogen-bond acceptors (Lipinski definition) is 2. The van der Waals surface area contributed by atoms with Gasteiger partial charge in [0.1, 0.15) is 0 Å². The van der Waals surface area contributed by atoms with Gasteiger partial charge in [0.05, 0.1) is 0 Å². The van der Waals surface area contributed by atoms with Gasteiger partial charge in [-0.25, -0.2) is 0 Å². The van der Waals surface area contributed by atoms with E-state index in [0.717, 1.165) is 10.5 Å². The maximum absolute atomic E-state index is 3.47. The van der Waals surface area contributed by atoms with Crippen molar-refractivity contribution in [2.75, 3.05) is 13.1 Å². The Morgan fingerprint density at radius 2 is 1.70 bits per heavy atom.